The molecule has 0 aromatic heterocycles. The van der Waals surface area contributed by atoms with Gasteiger partial charge in [0, 0.05) is 10.2 Å². The lowest BCUT2D eigenvalue weighted by Crippen LogP contribution is -1.90. The maximum Gasteiger partial charge on any atom is 0.0743 e. The van der Waals surface area contributed by atoms with Gasteiger partial charge in [0.2, 0.25) is 0 Å². The molecule has 0 saturated heterocycles. The van der Waals surface area contributed by atoms with Crippen molar-refractivity contribution in [1.82, 2.24) is 0 Å². The van der Waals surface area contributed by atoms with Crippen LogP contribution in [0.1, 0.15) is 0 Å². The van der Waals surface area contributed by atoms with Crippen LogP contribution in [0, 0.1) is 0 Å². The van der Waals surface area contributed by atoms with Crippen molar-refractivity contribution in [3.8, 4) is 0 Å². The molecule has 11 heavy (non-hydrogen) atoms. The Hall–Kier alpha value is 0.530. The van der Waals surface area contributed by atoms with Crippen LogP contribution >= 0.6 is 43.6 Å². The van der Waals surface area contributed by atoms with Gasteiger partial charge in [0.05, 0.1) is 4.16 Å². The van der Waals surface area contributed by atoms with Gasteiger partial charge in [-0.2, -0.15) is 0 Å². The molecule has 1 rings (SSSR count). The van der Waals surface area contributed by atoms with Crippen LogP contribution in [0.3, 0.4) is 0 Å². The Morgan fingerprint density at radius 1 is 1.27 bits per heavy atom. The van der Waals surface area contributed by atoms with Gasteiger partial charge in [-0.05, 0) is 12.1 Å². The van der Waals surface area contributed by atoms with E-state index in [4.69, 9.17) is 0 Å². The van der Waals surface area contributed by atoms with Gasteiger partial charge in [-0.1, -0.05) is 50.1 Å². The molecule has 1 aromatic carbocycles. The van der Waals surface area contributed by atoms with Gasteiger partial charge < -0.3 is 0 Å². The molecule has 1 aromatic rings. The average molecular weight is 296 g/mol. The first-order chi connectivity index (χ1) is 5.33. The van der Waals surface area contributed by atoms with Gasteiger partial charge in [-0.25, -0.2) is 0 Å². The third kappa shape index (κ3) is 3.63. The average Bonchev–Trinajstić information content (AvgIpc) is 2.06. The molecule has 60 valence electrons. The van der Waals surface area contributed by atoms with Crippen molar-refractivity contribution in [2.45, 2.75) is 9.05 Å². The van der Waals surface area contributed by atoms with Gasteiger partial charge in [0.25, 0.3) is 0 Å². The Kier molecular flexibility index (Phi) is 4.57. The van der Waals surface area contributed by atoms with E-state index in [0.29, 0.717) is 4.16 Å². The van der Waals surface area contributed by atoms with Crippen LogP contribution in [0.4, 0.5) is 0 Å². The third-order valence-electron chi connectivity index (χ3n) is 1.13. The zero-order valence-electron chi connectivity index (χ0n) is 5.84. The van der Waals surface area contributed by atoms with Crippen molar-refractivity contribution >= 4 is 43.6 Å². The molecule has 0 aliphatic heterocycles. The van der Waals surface area contributed by atoms with Crippen molar-refractivity contribution in [3.05, 3.63) is 30.3 Å². The molecular weight excluding hydrogens is 288 g/mol. The zero-order valence-corrected chi connectivity index (χ0v) is 9.82. The molecular formula is C8H8Br2S. The first-order valence-corrected chi connectivity index (χ1v) is 6.16. The summed E-state index contributed by atoms with van der Waals surface area (Å²) in [6, 6.07) is 10.4. The fourth-order valence-electron chi connectivity index (χ4n) is 0.678. The lowest BCUT2D eigenvalue weighted by atomic mass is 10.4. The van der Waals surface area contributed by atoms with E-state index in [0.717, 1.165) is 5.33 Å². The fourth-order valence-corrected chi connectivity index (χ4v) is 2.39. The lowest BCUT2D eigenvalue weighted by molar-refractivity contribution is 1.42. The molecule has 0 saturated carbocycles. The van der Waals surface area contributed by atoms with E-state index < -0.39 is 0 Å². The summed E-state index contributed by atoms with van der Waals surface area (Å²) in [5, 5.41) is 0.965. The monoisotopic (exact) mass is 294 g/mol. The largest absolute Gasteiger partial charge is 0.110 e. The minimum atomic E-state index is 0.463. The third-order valence-corrected chi connectivity index (χ3v) is 4.92. The maximum atomic E-state index is 3.53. The number of alkyl halides is 2. The van der Waals surface area contributed by atoms with Crippen LogP contribution in [0.25, 0.3) is 0 Å². The SMILES string of the molecule is BrCC(Br)Sc1ccccc1. The minimum absolute atomic E-state index is 0.463. The Bertz CT molecular complexity index is 201. The van der Waals surface area contributed by atoms with E-state index in [-0.39, 0.29) is 0 Å². The number of hydrogen-bond acceptors (Lipinski definition) is 1. The van der Waals surface area contributed by atoms with Crippen LogP contribution < -0.4 is 0 Å². The molecule has 1 atom stereocenters. The summed E-state index contributed by atoms with van der Waals surface area (Å²) in [6.07, 6.45) is 0. The van der Waals surface area contributed by atoms with Crippen molar-refractivity contribution in [1.29, 1.82) is 0 Å². The summed E-state index contributed by atoms with van der Waals surface area (Å²) in [7, 11) is 0. The summed E-state index contributed by atoms with van der Waals surface area (Å²) in [5.74, 6) is 0. The van der Waals surface area contributed by atoms with Crippen LogP contribution in [0.15, 0.2) is 35.2 Å². The summed E-state index contributed by atoms with van der Waals surface area (Å²) in [5.41, 5.74) is 0. The van der Waals surface area contributed by atoms with Crippen molar-refractivity contribution in [2.24, 2.45) is 0 Å². The molecule has 0 fully saturated rings. The predicted octanol–water partition coefficient (Wildman–Crippen LogP) is 3.89. The number of benzene rings is 1. The lowest BCUT2D eigenvalue weighted by Gasteiger charge is -2.03. The molecule has 0 amide bonds. The maximum absolute atomic E-state index is 3.53. The highest BCUT2D eigenvalue weighted by Gasteiger charge is 2.02. The molecule has 0 N–H and O–H groups in total. The minimum Gasteiger partial charge on any atom is -0.110 e. The summed E-state index contributed by atoms with van der Waals surface area (Å²) < 4.78 is 0.463. The van der Waals surface area contributed by atoms with Gasteiger partial charge in [-0.15, -0.1) is 11.8 Å². The highest BCUT2D eigenvalue weighted by molar-refractivity contribution is 9.13. The summed E-state index contributed by atoms with van der Waals surface area (Å²) in [6.45, 7) is 0. The molecule has 0 spiro atoms. The smallest absolute Gasteiger partial charge is 0.0743 e. The Morgan fingerprint density at radius 3 is 2.45 bits per heavy atom. The Labute approximate surface area is 88.0 Å². The topological polar surface area (TPSA) is 0 Å². The van der Waals surface area contributed by atoms with Gasteiger partial charge in [-0.3, -0.25) is 0 Å². The number of halogens is 2. The highest BCUT2D eigenvalue weighted by atomic mass is 79.9. The van der Waals surface area contributed by atoms with Gasteiger partial charge >= 0.3 is 0 Å². The standard InChI is InChI=1S/C8H8Br2S/c9-6-8(10)11-7-4-2-1-3-5-7/h1-5,8H,6H2. The van der Waals surface area contributed by atoms with E-state index in [1.54, 1.807) is 0 Å². The second-order valence-electron chi connectivity index (χ2n) is 2.00. The summed E-state index contributed by atoms with van der Waals surface area (Å²) >= 11 is 8.75. The van der Waals surface area contributed by atoms with Crippen molar-refractivity contribution in [2.75, 3.05) is 5.33 Å². The number of hydrogen-bond donors (Lipinski definition) is 0. The first-order valence-electron chi connectivity index (χ1n) is 3.24. The molecule has 0 radical (unpaired) electrons. The quantitative estimate of drug-likeness (QED) is 0.602. The van der Waals surface area contributed by atoms with Crippen LogP contribution in [-0.4, -0.2) is 9.49 Å². The molecule has 0 nitrogen and oxygen atoms in total. The first kappa shape index (κ1) is 9.62. The summed E-state index contributed by atoms with van der Waals surface area (Å²) in [4.78, 5) is 1.30. The van der Waals surface area contributed by atoms with E-state index in [1.807, 2.05) is 17.8 Å². The molecule has 0 aliphatic rings. The molecule has 3 heteroatoms. The van der Waals surface area contributed by atoms with Crippen molar-refractivity contribution in [3.63, 3.8) is 0 Å². The number of rotatable bonds is 3. The van der Waals surface area contributed by atoms with E-state index in [9.17, 15) is 0 Å². The van der Waals surface area contributed by atoms with Gasteiger partial charge in [0.1, 0.15) is 0 Å². The highest BCUT2D eigenvalue weighted by Crippen LogP contribution is 2.27. The van der Waals surface area contributed by atoms with Crippen LogP contribution in [0.2, 0.25) is 0 Å². The number of thioether (sulfide) groups is 1. The second-order valence-corrected chi connectivity index (χ2v) is 5.63. The van der Waals surface area contributed by atoms with Crippen LogP contribution in [-0.2, 0) is 0 Å². The van der Waals surface area contributed by atoms with Crippen LogP contribution in [0.5, 0.6) is 0 Å². The van der Waals surface area contributed by atoms with E-state index >= 15 is 0 Å². The second kappa shape index (κ2) is 5.22. The molecule has 0 aliphatic carbocycles. The molecule has 1 unspecified atom stereocenters. The molecule has 0 heterocycles. The Morgan fingerprint density at radius 2 is 1.91 bits per heavy atom. The zero-order chi connectivity index (χ0) is 8.10. The normalized spacial score (nSPS) is 12.9. The van der Waals surface area contributed by atoms with Gasteiger partial charge in [0.15, 0.2) is 0 Å². The van der Waals surface area contributed by atoms with Crippen molar-refractivity contribution < 1.29 is 0 Å². The predicted molar refractivity (Wildman–Crippen MR) is 58.8 cm³/mol. The fraction of sp³-hybridized carbons (Fsp3) is 0.250. The van der Waals surface area contributed by atoms with E-state index in [2.05, 4.69) is 56.1 Å². The Balaban J connectivity index is 2.51. The van der Waals surface area contributed by atoms with E-state index in [1.165, 1.54) is 4.90 Å². The molecule has 0 bridgehead atoms.